The molecule has 120 valence electrons. The third-order valence-corrected chi connectivity index (χ3v) is 4.44. The highest BCUT2D eigenvalue weighted by Gasteiger charge is 2.12. The Balaban J connectivity index is 1.57. The lowest BCUT2D eigenvalue weighted by atomic mass is 10.1. The van der Waals surface area contributed by atoms with Gasteiger partial charge >= 0.3 is 0 Å². The molecule has 1 aliphatic carbocycles. The molecule has 5 heteroatoms. The smallest absolute Gasteiger partial charge is 0.246 e. The van der Waals surface area contributed by atoms with Crippen LogP contribution in [0.1, 0.15) is 17.5 Å². The molecular weight excluding hydrogens is 302 g/mol. The molecule has 1 aromatic heterocycles. The number of hydrogen-bond donors (Lipinski definition) is 1. The fraction of sp³-hybridized carbons (Fsp3) is 0.211. The van der Waals surface area contributed by atoms with Crippen molar-refractivity contribution in [3.8, 4) is 0 Å². The van der Waals surface area contributed by atoms with Crippen LogP contribution in [0.2, 0.25) is 0 Å². The van der Waals surface area contributed by atoms with E-state index in [9.17, 15) is 9.59 Å². The van der Waals surface area contributed by atoms with E-state index in [-0.39, 0.29) is 17.9 Å². The van der Waals surface area contributed by atoms with Crippen LogP contribution in [0.3, 0.4) is 0 Å². The molecule has 1 amide bonds. The maximum absolute atomic E-state index is 12.4. The van der Waals surface area contributed by atoms with Crippen LogP contribution in [0, 0.1) is 0 Å². The van der Waals surface area contributed by atoms with Gasteiger partial charge < -0.3 is 5.32 Å². The van der Waals surface area contributed by atoms with Crippen LogP contribution in [0.5, 0.6) is 0 Å². The van der Waals surface area contributed by atoms with E-state index in [0.717, 1.165) is 18.5 Å². The Hall–Kier alpha value is -2.95. The predicted molar refractivity (Wildman–Crippen MR) is 93.1 cm³/mol. The summed E-state index contributed by atoms with van der Waals surface area (Å²) in [7, 11) is 0. The van der Waals surface area contributed by atoms with Crippen molar-refractivity contribution in [2.24, 2.45) is 0 Å². The van der Waals surface area contributed by atoms with Crippen molar-refractivity contribution in [1.29, 1.82) is 0 Å². The highest BCUT2D eigenvalue weighted by molar-refractivity contribution is 5.91. The molecule has 24 heavy (non-hydrogen) atoms. The Labute approximate surface area is 138 Å². The van der Waals surface area contributed by atoms with Crippen molar-refractivity contribution in [3.63, 3.8) is 0 Å². The fourth-order valence-electron chi connectivity index (χ4n) is 3.27. The Morgan fingerprint density at radius 2 is 1.96 bits per heavy atom. The van der Waals surface area contributed by atoms with Gasteiger partial charge in [0.05, 0.1) is 11.7 Å². The zero-order chi connectivity index (χ0) is 16.5. The lowest BCUT2D eigenvalue weighted by Gasteiger charge is -2.10. The molecule has 0 atom stereocenters. The van der Waals surface area contributed by atoms with Gasteiger partial charge in [0.1, 0.15) is 6.54 Å². The third kappa shape index (κ3) is 2.69. The van der Waals surface area contributed by atoms with E-state index in [1.165, 1.54) is 23.7 Å². The maximum Gasteiger partial charge on any atom is 0.246 e. The summed E-state index contributed by atoms with van der Waals surface area (Å²) >= 11 is 0. The summed E-state index contributed by atoms with van der Waals surface area (Å²) in [6.07, 6.45) is 4.63. The molecule has 1 aliphatic rings. The monoisotopic (exact) mass is 319 g/mol. The summed E-state index contributed by atoms with van der Waals surface area (Å²) in [5.41, 5.74) is 4.03. The Kier molecular flexibility index (Phi) is 3.61. The first-order chi connectivity index (χ1) is 11.7. The van der Waals surface area contributed by atoms with Gasteiger partial charge in [0.2, 0.25) is 11.3 Å². The molecule has 0 radical (unpaired) electrons. The van der Waals surface area contributed by atoms with Crippen molar-refractivity contribution < 1.29 is 4.79 Å². The van der Waals surface area contributed by atoms with Crippen molar-refractivity contribution in [3.05, 3.63) is 70.0 Å². The minimum absolute atomic E-state index is 0.0673. The highest BCUT2D eigenvalue weighted by Crippen LogP contribution is 2.24. The lowest BCUT2D eigenvalue weighted by Crippen LogP contribution is -2.22. The summed E-state index contributed by atoms with van der Waals surface area (Å²) in [6.45, 7) is 0.0673. The quantitative estimate of drug-likeness (QED) is 0.807. The van der Waals surface area contributed by atoms with E-state index in [4.69, 9.17) is 0 Å². The minimum atomic E-state index is -0.158. The molecule has 0 saturated carbocycles. The molecule has 3 aromatic rings. The van der Waals surface area contributed by atoms with Crippen LogP contribution in [0.25, 0.3) is 10.9 Å². The molecule has 0 saturated heterocycles. The summed E-state index contributed by atoms with van der Waals surface area (Å²) in [5.74, 6) is -0.158. The number of anilines is 1. The second-order valence-corrected chi connectivity index (χ2v) is 6.07. The number of aryl methyl sites for hydroxylation is 2. The van der Waals surface area contributed by atoms with E-state index in [2.05, 4.69) is 22.5 Å². The molecule has 0 fully saturated rings. The first kappa shape index (κ1) is 14.6. The second kappa shape index (κ2) is 5.92. The van der Waals surface area contributed by atoms with Gasteiger partial charge in [-0.2, -0.15) is 5.10 Å². The van der Waals surface area contributed by atoms with Gasteiger partial charge in [0.15, 0.2) is 0 Å². The molecule has 1 heterocycles. The van der Waals surface area contributed by atoms with Gasteiger partial charge in [-0.1, -0.05) is 18.2 Å². The lowest BCUT2D eigenvalue weighted by molar-refractivity contribution is -0.116. The summed E-state index contributed by atoms with van der Waals surface area (Å²) in [6, 6.07) is 13.3. The topological polar surface area (TPSA) is 64.0 Å². The Morgan fingerprint density at radius 1 is 1.12 bits per heavy atom. The number of rotatable bonds is 3. The van der Waals surface area contributed by atoms with Crippen molar-refractivity contribution in [2.45, 2.75) is 25.8 Å². The van der Waals surface area contributed by atoms with Gasteiger partial charge in [0, 0.05) is 11.1 Å². The van der Waals surface area contributed by atoms with Crippen molar-refractivity contribution in [1.82, 2.24) is 9.78 Å². The zero-order valence-electron chi connectivity index (χ0n) is 13.2. The normalized spacial score (nSPS) is 13.0. The Bertz CT molecular complexity index is 991. The highest BCUT2D eigenvalue weighted by atomic mass is 16.2. The SMILES string of the molecule is O=C(Cn1ncc(=O)c2ccccc21)Nc1ccc2c(c1)CCC2. The fourth-order valence-corrected chi connectivity index (χ4v) is 3.27. The number of carbonyl (C=O) groups is 1. The summed E-state index contributed by atoms with van der Waals surface area (Å²) in [4.78, 5) is 24.2. The first-order valence-electron chi connectivity index (χ1n) is 8.07. The van der Waals surface area contributed by atoms with Crippen LogP contribution in [-0.4, -0.2) is 15.7 Å². The van der Waals surface area contributed by atoms with Gasteiger partial charge in [-0.25, -0.2) is 0 Å². The number of aromatic nitrogens is 2. The number of nitrogens with one attached hydrogen (secondary N) is 1. The molecule has 0 spiro atoms. The largest absolute Gasteiger partial charge is 0.324 e. The molecular formula is C19H17N3O2. The van der Waals surface area contributed by atoms with Crippen molar-refractivity contribution in [2.75, 3.05) is 5.32 Å². The van der Waals surface area contributed by atoms with Crippen LogP contribution >= 0.6 is 0 Å². The van der Waals surface area contributed by atoms with Crippen LogP contribution in [0.4, 0.5) is 5.69 Å². The summed E-state index contributed by atoms with van der Waals surface area (Å²) < 4.78 is 1.55. The van der Waals surface area contributed by atoms with Gasteiger partial charge in [0.25, 0.3) is 0 Å². The van der Waals surface area contributed by atoms with E-state index < -0.39 is 0 Å². The molecule has 0 bridgehead atoms. The van der Waals surface area contributed by atoms with Crippen LogP contribution in [-0.2, 0) is 24.2 Å². The van der Waals surface area contributed by atoms with Gasteiger partial charge in [-0.3, -0.25) is 14.3 Å². The van der Waals surface area contributed by atoms with Gasteiger partial charge in [-0.15, -0.1) is 0 Å². The molecule has 4 rings (SSSR count). The minimum Gasteiger partial charge on any atom is -0.324 e. The van der Waals surface area contributed by atoms with E-state index in [0.29, 0.717) is 10.9 Å². The number of benzene rings is 2. The summed E-state index contributed by atoms with van der Waals surface area (Å²) in [5, 5.41) is 7.58. The number of para-hydroxylation sites is 1. The van der Waals surface area contributed by atoms with Gasteiger partial charge in [-0.05, 0) is 54.7 Å². The number of nitrogens with zero attached hydrogens (tertiary/aromatic N) is 2. The zero-order valence-corrected chi connectivity index (χ0v) is 13.2. The molecule has 0 unspecified atom stereocenters. The van der Waals surface area contributed by atoms with Crippen molar-refractivity contribution >= 4 is 22.5 Å². The number of fused-ring (bicyclic) bond motifs is 2. The van der Waals surface area contributed by atoms with E-state index >= 15 is 0 Å². The van der Waals surface area contributed by atoms with Crippen LogP contribution in [0.15, 0.2) is 53.5 Å². The van der Waals surface area contributed by atoms with E-state index in [1.807, 2.05) is 12.1 Å². The molecule has 5 nitrogen and oxygen atoms in total. The number of hydrogen-bond acceptors (Lipinski definition) is 3. The predicted octanol–water partition coefficient (Wildman–Crippen LogP) is 2.52. The first-order valence-corrected chi connectivity index (χ1v) is 8.07. The second-order valence-electron chi connectivity index (χ2n) is 6.07. The number of carbonyl (C=O) groups excluding carboxylic acids is 1. The van der Waals surface area contributed by atoms with Crippen LogP contribution < -0.4 is 10.7 Å². The Morgan fingerprint density at radius 3 is 2.88 bits per heavy atom. The standard InChI is InChI=1S/C19H17N3O2/c23-18-11-20-22(17-7-2-1-6-16(17)18)12-19(24)21-15-9-8-13-4-3-5-14(13)10-15/h1-2,6-11H,3-5,12H2,(H,21,24). The number of amides is 1. The average Bonchev–Trinajstić information content (AvgIpc) is 3.05. The maximum atomic E-state index is 12.4. The molecule has 2 aromatic carbocycles. The molecule has 1 N–H and O–H groups in total. The average molecular weight is 319 g/mol. The van der Waals surface area contributed by atoms with E-state index in [1.54, 1.807) is 22.9 Å². The molecule has 0 aliphatic heterocycles. The third-order valence-electron chi connectivity index (χ3n) is 4.44.